The second-order valence-corrected chi connectivity index (χ2v) is 7.98. The van der Waals surface area contributed by atoms with E-state index in [4.69, 9.17) is 21.1 Å². The molecule has 2 aromatic carbocycles. The molecule has 0 radical (unpaired) electrons. The number of hydrogen-bond acceptors (Lipinski definition) is 3. The van der Waals surface area contributed by atoms with Gasteiger partial charge < -0.3 is 19.7 Å². The third-order valence-electron chi connectivity index (χ3n) is 5.44. The molecular formula is C22H26ClN2O3+. The van der Waals surface area contributed by atoms with E-state index in [-0.39, 0.29) is 11.9 Å². The summed E-state index contributed by atoms with van der Waals surface area (Å²) < 4.78 is 11.6. The number of carbonyl (C=O) groups excluding carboxylic acids is 1. The second kappa shape index (κ2) is 8.41. The van der Waals surface area contributed by atoms with Gasteiger partial charge in [-0.3, -0.25) is 4.79 Å². The number of carbonyl (C=O) groups is 1. The quantitative estimate of drug-likeness (QED) is 0.827. The maximum Gasteiger partial charge on any atom is 0.279 e. The molecule has 1 unspecified atom stereocenters. The van der Waals surface area contributed by atoms with Crippen LogP contribution in [-0.4, -0.2) is 32.2 Å². The van der Waals surface area contributed by atoms with Crippen LogP contribution in [0.25, 0.3) is 0 Å². The molecule has 0 aliphatic carbocycles. The van der Waals surface area contributed by atoms with Gasteiger partial charge in [0.25, 0.3) is 5.91 Å². The Morgan fingerprint density at radius 2 is 1.96 bits per heavy atom. The predicted octanol–water partition coefficient (Wildman–Crippen LogP) is 3.17. The van der Waals surface area contributed by atoms with E-state index in [9.17, 15) is 4.79 Å². The van der Waals surface area contributed by atoms with Crippen molar-refractivity contribution >= 4 is 23.2 Å². The summed E-state index contributed by atoms with van der Waals surface area (Å²) in [5.74, 6) is 1.62. The molecule has 148 valence electrons. The molecule has 2 aliphatic heterocycles. The van der Waals surface area contributed by atoms with Crippen molar-refractivity contribution in [1.29, 1.82) is 0 Å². The first kappa shape index (κ1) is 19.1. The Morgan fingerprint density at radius 1 is 1.14 bits per heavy atom. The number of benzene rings is 2. The summed E-state index contributed by atoms with van der Waals surface area (Å²) in [5, 5.41) is 3.53. The monoisotopic (exact) mass is 401 g/mol. The third-order valence-corrected chi connectivity index (χ3v) is 5.76. The van der Waals surface area contributed by atoms with Gasteiger partial charge in [-0.1, -0.05) is 17.7 Å². The van der Waals surface area contributed by atoms with Crippen molar-refractivity contribution in [1.82, 2.24) is 0 Å². The van der Waals surface area contributed by atoms with Gasteiger partial charge >= 0.3 is 0 Å². The zero-order valence-corrected chi connectivity index (χ0v) is 16.8. The van der Waals surface area contributed by atoms with E-state index in [0.717, 1.165) is 42.9 Å². The predicted molar refractivity (Wildman–Crippen MR) is 110 cm³/mol. The van der Waals surface area contributed by atoms with Crippen molar-refractivity contribution in [3.05, 3.63) is 52.5 Å². The molecule has 2 aliphatic rings. The molecule has 2 heterocycles. The average Bonchev–Trinajstić information content (AvgIpc) is 2.99. The van der Waals surface area contributed by atoms with E-state index in [0.29, 0.717) is 30.5 Å². The van der Waals surface area contributed by atoms with Crippen molar-refractivity contribution in [2.24, 2.45) is 0 Å². The van der Waals surface area contributed by atoms with Gasteiger partial charge in [0.15, 0.2) is 18.0 Å². The van der Waals surface area contributed by atoms with E-state index in [1.54, 1.807) is 0 Å². The van der Waals surface area contributed by atoms with Crippen LogP contribution in [0, 0.1) is 6.92 Å². The van der Waals surface area contributed by atoms with Crippen molar-refractivity contribution in [3.8, 4) is 11.5 Å². The minimum Gasteiger partial charge on any atom is -0.490 e. The number of ether oxygens (including phenoxy) is 2. The topological polar surface area (TPSA) is 52.0 Å². The highest BCUT2D eigenvalue weighted by molar-refractivity contribution is 6.33. The van der Waals surface area contributed by atoms with Crippen molar-refractivity contribution in [2.75, 3.05) is 31.6 Å². The summed E-state index contributed by atoms with van der Waals surface area (Å²) >= 11 is 6.25. The number of aryl methyl sites for hydroxylation is 1. The number of rotatable bonds is 4. The fourth-order valence-electron chi connectivity index (χ4n) is 4.04. The first-order chi connectivity index (χ1) is 13.6. The van der Waals surface area contributed by atoms with E-state index >= 15 is 0 Å². The Hall–Kier alpha value is -2.24. The fourth-order valence-corrected chi connectivity index (χ4v) is 4.33. The first-order valence-corrected chi connectivity index (χ1v) is 10.3. The van der Waals surface area contributed by atoms with Crippen LogP contribution in [0.5, 0.6) is 11.5 Å². The fraction of sp³-hybridized carbons (Fsp3) is 0.409. The van der Waals surface area contributed by atoms with Crippen molar-refractivity contribution in [2.45, 2.75) is 32.2 Å². The molecule has 2 aromatic rings. The highest BCUT2D eigenvalue weighted by Gasteiger charge is 2.32. The normalized spacial score (nSPS) is 21.2. The Morgan fingerprint density at radius 3 is 2.79 bits per heavy atom. The van der Waals surface area contributed by atoms with Crippen LogP contribution >= 0.6 is 11.6 Å². The van der Waals surface area contributed by atoms with Gasteiger partial charge in [0, 0.05) is 24.8 Å². The summed E-state index contributed by atoms with van der Waals surface area (Å²) in [6, 6.07) is 12.2. The molecule has 0 spiro atoms. The zero-order valence-electron chi connectivity index (χ0n) is 16.1. The van der Waals surface area contributed by atoms with Gasteiger partial charge in [-0.25, -0.2) is 0 Å². The summed E-state index contributed by atoms with van der Waals surface area (Å²) in [7, 11) is 0. The largest absolute Gasteiger partial charge is 0.490 e. The summed E-state index contributed by atoms with van der Waals surface area (Å²) in [6.07, 6.45) is 3.06. The smallest absolute Gasteiger partial charge is 0.279 e. The first-order valence-electron chi connectivity index (χ1n) is 9.90. The molecule has 1 amide bonds. The molecule has 2 atom stereocenters. The van der Waals surface area contributed by atoms with Gasteiger partial charge in [-0.05, 0) is 42.8 Å². The van der Waals surface area contributed by atoms with Crippen LogP contribution in [0.1, 0.15) is 36.4 Å². The van der Waals surface area contributed by atoms with Crippen LogP contribution < -0.4 is 19.7 Å². The Labute approximate surface area is 170 Å². The van der Waals surface area contributed by atoms with Gasteiger partial charge in [0.2, 0.25) is 0 Å². The minimum atomic E-state index is -0.0120. The van der Waals surface area contributed by atoms with E-state index in [1.165, 1.54) is 10.5 Å². The molecule has 28 heavy (non-hydrogen) atoms. The third kappa shape index (κ3) is 4.26. The van der Waals surface area contributed by atoms with E-state index in [2.05, 4.69) is 17.4 Å². The van der Waals surface area contributed by atoms with E-state index < -0.39 is 0 Å². The molecule has 1 fully saturated rings. The molecule has 0 bridgehead atoms. The number of fused-ring (bicyclic) bond motifs is 1. The summed E-state index contributed by atoms with van der Waals surface area (Å²) in [5.41, 5.74) is 2.95. The van der Waals surface area contributed by atoms with Gasteiger partial charge in [0.1, 0.15) is 6.04 Å². The van der Waals surface area contributed by atoms with Crippen LogP contribution in [0.15, 0.2) is 36.4 Å². The number of hydrogen-bond donors (Lipinski definition) is 2. The molecule has 4 rings (SSSR count). The SMILES string of the molecule is Cc1ccc(NC(=O)C[NH+]2CCC[C@H]2c2ccc3c(c2)OCCCO3)c(Cl)c1. The lowest BCUT2D eigenvalue weighted by atomic mass is 10.0. The molecule has 6 heteroatoms. The Kier molecular flexibility index (Phi) is 5.74. The maximum atomic E-state index is 12.6. The number of amides is 1. The lowest BCUT2D eigenvalue weighted by Crippen LogP contribution is -3.11. The number of quaternary nitrogens is 1. The Balaban J connectivity index is 1.45. The van der Waals surface area contributed by atoms with Gasteiger partial charge in [-0.15, -0.1) is 0 Å². The lowest BCUT2D eigenvalue weighted by Gasteiger charge is -2.22. The molecule has 5 nitrogen and oxygen atoms in total. The molecule has 1 saturated heterocycles. The van der Waals surface area contributed by atoms with Gasteiger partial charge in [0.05, 0.1) is 30.5 Å². The van der Waals surface area contributed by atoms with Gasteiger partial charge in [-0.2, -0.15) is 0 Å². The highest BCUT2D eigenvalue weighted by atomic mass is 35.5. The van der Waals surface area contributed by atoms with Crippen molar-refractivity contribution < 1.29 is 19.2 Å². The molecular weight excluding hydrogens is 376 g/mol. The van der Waals surface area contributed by atoms with Crippen molar-refractivity contribution in [3.63, 3.8) is 0 Å². The van der Waals surface area contributed by atoms with Crippen LogP contribution in [0.4, 0.5) is 5.69 Å². The standard InChI is InChI=1S/C22H25ClN2O3/c1-15-5-7-18(17(23)12-15)24-22(26)14-25-9-2-4-19(25)16-6-8-20-21(13-16)28-11-3-10-27-20/h5-8,12-13,19H,2-4,9-11,14H2,1H3,(H,24,26)/p+1/t19-/m0/s1. The number of nitrogens with one attached hydrogen (secondary N) is 2. The second-order valence-electron chi connectivity index (χ2n) is 7.57. The lowest BCUT2D eigenvalue weighted by molar-refractivity contribution is -0.910. The number of anilines is 1. The molecule has 0 saturated carbocycles. The number of halogens is 1. The zero-order chi connectivity index (χ0) is 19.5. The highest BCUT2D eigenvalue weighted by Crippen LogP contribution is 2.33. The summed E-state index contributed by atoms with van der Waals surface area (Å²) in [4.78, 5) is 13.9. The minimum absolute atomic E-state index is 0.0120. The van der Waals surface area contributed by atoms with Crippen LogP contribution in [0.2, 0.25) is 5.02 Å². The van der Waals surface area contributed by atoms with E-state index in [1.807, 2.05) is 31.2 Å². The average molecular weight is 402 g/mol. The Bertz CT molecular complexity index is 871. The molecule has 0 aromatic heterocycles. The maximum absolute atomic E-state index is 12.6. The van der Waals surface area contributed by atoms with Crippen LogP contribution in [-0.2, 0) is 4.79 Å². The number of likely N-dealkylation sites (tertiary alicyclic amines) is 1. The van der Waals surface area contributed by atoms with Crippen LogP contribution in [0.3, 0.4) is 0 Å². The summed E-state index contributed by atoms with van der Waals surface area (Å²) in [6.45, 7) is 4.75. The molecule has 2 N–H and O–H groups in total.